The van der Waals surface area contributed by atoms with Gasteiger partial charge in [-0.1, -0.05) is 25.0 Å². The van der Waals surface area contributed by atoms with Crippen LogP contribution in [0.25, 0.3) is 0 Å². The van der Waals surface area contributed by atoms with Gasteiger partial charge in [-0.15, -0.1) is 0 Å². The van der Waals surface area contributed by atoms with Crippen molar-refractivity contribution >= 4 is 21.6 Å². The molecule has 1 aliphatic carbocycles. The molecule has 0 aromatic heterocycles. The number of sulfone groups is 1. The highest BCUT2D eigenvalue weighted by Gasteiger charge is 2.31. The maximum atomic E-state index is 11.9. The van der Waals surface area contributed by atoms with Gasteiger partial charge in [0.1, 0.15) is 0 Å². The molecule has 1 saturated heterocycles. The van der Waals surface area contributed by atoms with Crippen LogP contribution >= 0.6 is 0 Å². The van der Waals surface area contributed by atoms with E-state index in [4.69, 9.17) is 4.74 Å². The molecule has 2 amide bonds. The molecule has 25 heavy (non-hydrogen) atoms. The van der Waals surface area contributed by atoms with Crippen LogP contribution in [0.15, 0.2) is 24.3 Å². The van der Waals surface area contributed by atoms with E-state index in [1.165, 1.54) is 12.8 Å². The van der Waals surface area contributed by atoms with E-state index in [2.05, 4.69) is 10.6 Å². The van der Waals surface area contributed by atoms with Crippen molar-refractivity contribution in [3.8, 4) is 0 Å². The van der Waals surface area contributed by atoms with E-state index in [1.807, 2.05) is 24.3 Å². The Morgan fingerprint density at radius 2 is 1.80 bits per heavy atom. The third-order valence-corrected chi connectivity index (χ3v) is 7.23. The van der Waals surface area contributed by atoms with Gasteiger partial charge in [-0.25, -0.2) is 13.2 Å². The predicted molar refractivity (Wildman–Crippen MR) is 97.3 cm³/mol. The molecule has 1 aromatic carbocycles. The number of nitrogens with one attached hydrogen (secondary N) is 2. The summed E-state index contributed by atoms with van der Waals surface area (Å²) in [5.74, 6) is 0.228. The molecule has 0 radical (unpaired) electrons. The molecule has 3 rings (SSSR count). The predicted octanol–water partition coefficient (Wildman–Crippen LogP) is 2.84. The van der Waals surface area contributed by atoms with Gasteiger partial charge in [-0.3, -0.25) is 0 Å². The quantitative estimate of drug-likeness (QED) is 0.811. The molecule has 1 heterocycles. The minimum Gasteiger partial charge on any atom is -0.374 e. The van der Waals surface area contributed by atoms with Gasteiger partial charge in [0.15, 0.2) is 9.84 Å². The van der Waals surface area contributed by atoms with E-state index in [0.717, 1.165) is 18.4 Å². The fourth-order valence-electron chi connectivity index (χ4n) is 3.42. The molecule has 7 heteroatoms. The zero-order valence-corrected chi connectivity index (χ0v) is 15.2. The highest BCUT2D eigenvalue weighted by atomic mass is 32.2. The Bertz CT molecular complexity index is 682. The van der Waals surface area contributed by atoms with Gasteiger partial charge in [-0.05, 0) is 43.4 Å². The van der Waals surface area contributed by atoms with Crippen LogP contribution in [0.1, 0.15) is 44.1 Å². The number of anilines is 1. The zero-order chi connectivity index (χ0) is 17.7. The van der Waals surface area contributed by atoms with Gasteiger partial charge in [0, 0.05) is 12.2 Å². The van der Waals surface area contributed by atoms with Gasteiger partial charge in [0.25, 0.3) is 0 Å². The molecule has 1 aromatic rings. The first-order chi connectivity index (χ1) is 12.0. The van der Waals surface area contributed by atoms with E-state index in [0.29, 0.717) is 31.2 Å². The van der Waals surface area contributed by atoms with Crippen molar-refractivity contribution in [3.63, 3.8) is 0 Å². The summed E-state index contributed by atoms with van der Waals surface area (Å²) in [6.07, 6.45) is 6.50. The highest BCUT2D eigenvalue weighted by Crippen LogP contribution is 2.22. The summed E-state index contributed by atoms with van der Waals surface area (Å²) in [4.78, 5) is 11.9. The Morgan fingerprint density at radius 3 is 2.44 bits per heavy atom. The SMILES string of the molecule is O=C(NCC1CCCS1(=O)=O)Nc1ccc(COC2CCCC2)cc1. The Hall–Kier alpha value is -1.60. The largest absolute Gasteiger partial charge is 0.374 e. The van der Waals surface area contributed by atoms with Crippen molar-refractivity contribution in [1.82, 2.24) is 5.32 Å². The first-order valence-electron chi connectivity index (χ1n) is 9.00. The van der Waals surface area contributed by atoms with Crippen molar-refractivity contribution in [3.05, 3.63) is 29.8 Å². The molecule has 6 nitrogen and oxygen atoms in total. The van der Waals surface area contributed by atoms with Crippen LogP contribution in [0.4, 0.5) is 10.5 Å². The molecular formula is C18H26N2O4S. The van der Waals surface area contributed by atoms with E-state index in [-0.39, 0.29) is 18.3 Å². The Morgan fingerprint density at radius 1 is 1.08 bits per heavy atom. The molecule has 2 N–H and O–H groups in total. The lowest BCUT2D eigenvalue weighted by atomic mass is 10.2. The van der Waals surface area contributed by atoms with E-state index >= 15 is 0 Å². The fraction of sp³-hybridized carbons (Fsp3) is 0.611. The number of ether oxygens (including phenoxy) is 1. The monoisotopic (exact) mass is 366 g/mol. The number of urea groups is 1. The average Bonchev–Trinajstić information content (AvgIpc) is 3.21. The molecule has 2 fully saturated rings. The van der Waals surface area contributed by atoms with Crippen LogP contribution in [-0.4, -0.2) is 38.1 Å². The number of hydrogen-bond acceptors (Lipinski definition) is 4. The lowest BCUT2D eigenvalue weighted by Gasteiger charge is -2.13. The summed E-state index contributed by atoms with van der Waals surface area (Å²) in [6.45, 7) is 0.762. The minimum absolute atomic E-state index is 0.168. The molecule has 138 valence electrons. The van der Waals surface area contributed by atoms with Crippen LogP contribution in [-0.2, 0) is 21.2 Å². The van der Waals surface area contributed by atoms with Crippen LogP contribution in [0, 0.1) is 0 Å². The highest BCUT2D eigenvalue weighted by molar-refractivity contribution is 7.92. The van der Waals surface area contributed by atoms with Crippen molar-refractivity contribution in [2.75, 3.05) is 17.6 Å². The topological polar surface area (TPSA) is 84.5 Å². The number of carbonyl (C=O) groups is 1. The van der Waals surface area contributed by atoms with Crippen molar-refractivity contribution in [2.45, 2.75) is 56.5 Å². The summed E-state index contributed by atoms with van der Waals surface area (Å²) in [7, 11) is -3.03. The Balaban J connectivity index is 1.42. The number of rotatable bonds is 6. The zero-order valence-electron chi connectivity index (χ0n) is 14.4. The maximum Gasteiger partial charge on any atom is 0.319 e. The van der Waals surface area contributed by atoms with Gasteiger partial charge in [0.2, 0.25) is 0 Å². The van der Waals surface area contributed by atoms with Crippen molar-refractivity contribution in [1.29, 1.82) is 0 Å². The number of carbonyl (C=O) groups excluding carboxylic acids is 1. The molecule has 2 aliphatic rings. The van der Waals surface area contributed by atoms with Gasteiger partial charge < -0.3 is 15.4 Å². The smallest absolute Gasteiger partial charge is 0.319 e. The van der Waals surface area contributed by atoms with E-state index in [1.54, 1.807) is 0 Å². The normalized spacial score (nSPS) is 22.8. The lowest BCUT2D eigenvalue weighted by molar-refractivity contribution is 0.0457. The number of hydrogen-bond donors (Lipinski definition) is 2. The Kier molecular flexibility index (Phi) is 5.96. The second-order valence-electron chi connectivity index (χ2n) is 6.88. The maximum absolute atomic E-state index is 11.9. The van der Waals surface area contributed by atoms with Crippen LogP contribution in [0.2, 0.25) is 0 Å². The average molecular weight is 366 g/mol. The van der Waals surface area contributed by atoms with E-state index in [9.17, 15) is 13.2 Å². The molecule has 1 aliphatic heterocycles. The van der Waals surface area contributed by atoms with Crippen molar-refractivity contribution < 1.29 is 17.9 Å². The molecule has 1 saturated carbocycles. The lowest BCUT2D eigenvalue weighted by Crippen LogP contribution is -2.37. The molecular weight excluding hydrogens is 340 g/mol. The number of amides is 2. The van der Waals surface area contributed by atoms with Crippen LogP contribution < -0.4 is 10.6 Å². The van der Waals surface area contributed by atoms with Crippen molar-refractivity contribution in [2.24, 2.45) is 0 Å². The molecule has 0 spiro atoms. The first kappa shape index (κ1) is 18.2. The van der Waals surface area contributed by atoms with Crippen LogP contribution in [0.3, 0.4) is 0 Å². The van der Waals surface area contributed by atoms with Gasteiger partial charge >= 0.3 is 6.03 Å². The second kappa shape index (κ2) is 8.19. The summed E-state index contributed by atoms with van der Waals surface area (Å²) in [6, 6.07) is 7.16. The fourth-order valence-corrected chi connectivity index (χ4v) is 5.19. The minimum atomic E-state index is -3.03. The first-order valence-corrected chi connectivity index (χ1v) is 10.7. The third kappa shape index (κ3) is 5.19. The number of benzene rings is 1. The Labute approximate surface area is 149 Å². The van der Waals surface area contributed by atoms with Gasteiger partial charge in [0.05, 0.1) is 23.7 Å². The molecule has 0 bridgehead atoms. The standard InChI is InChI=1S/C18H26N2O4S/c21-18(19-12-17-6-3-11-25(17,22)23)20-15-9-7-14(8-10-15)13-24-16-4-1-2-5-16/h7-10,16-17H,1-6,11-13H2,(H2,19,20,21). The summed E-state index contributed by atoms with van der Waals surface area (Å²) < 4.78 is 29.4. The summed E-state index contributed by atoms with van der Waals surface area (Å²) >= 11 is 0. The van der Waals surface area contributed by atoms with Gasteiger partial charge in [-0.2, -0.15) is 0 Å². The summed E-state index contributed by atoms with van der Waals surface area (Å²) in [5.41, 5.74) is 1.76. The molecule has 1 atom stereocenters. The van der Waals surface area contributed by atoms with Crippen LogP contribution in [0.5, 0.6) is 0 Å². The summed E-state index contributed by atoms with van der Waals surface area (Å²) in [5, 5.41) is 4.93. The molecule has 1 unspecified atom stereocenters. The second-order valence-corrected chi connectivity index (χ2v) is 9.28. The third-order valence-electron chi connectivity index (χ3n) is 4.95. The van der Waals surface area contributed by atoms with E-state index < -0.39 is 15.1 Å².